The van der Waals surface area contributed by atoms with Crippen molar-refractivity contribution in [2.75, 3.05) is 59.0 Å². The van der Waals surface area contributed by atoms with Crippen molar-refractivity contribution in [1.82, 2.24) is 24.3 Å². The zero-order valence-electron chi connectivity index (χ0n) is 18.6. The van der Waals surface area contributed by atoms with Gasteiger partial charge in [-0.05, 0) is 18.4 Å². The van der Waals surface area contributed by atoms with E-state index in [4.69, 9.17) is 4.74 Å². The number of aromatic nitrogens is 2. The van der Waals surface area contributed by atoms with E-state index >= 15 is 0 Å². The van der Waals surface area contributed by atoms with E-state index in [-0.39, 0.29) is 11.9 Å². The molecule has 7 nitrogen and oxygen atoms in total. The first-order valence-electron chi connectivity index (χ1n) is 11.5. The van der Waals surface area contributed by atoms with Crippen LogP contribution in [0, 0.1) is 18.8 Å². The fourth-order valence-electron chi connectivity index (χ4n) is 5.70. The van der Waals surface area contributed by atoms with Crippen LogP contribution in [0.5, 0.6) is 0 Å². The summed E-state index contributed by atoms with van der Waals surface area (Å²) in [6.07, 6.45) is 1.74. The first-order valence-corrected chi connectivity index (χ1v) is 11.5. The molecule has 3 fully saturated rings. The molecule has 1 amide bonds. The van der Waals surface area contributed by atoms with E-state index in [9.17, 15) is 4.79 Å². The lowest BCUT2D eigenvalue weighted by Gasteiger charge is -2.31. The summed E-state index contributed by atoms with van der Waals surface area (Å²) < 4.78 is 7.34. The molecule has 3 aliphatic heterocycles. The number of morpholine rings is 1. The van der Waals surface area contributed by atoms with Crippen molar-refractivity contribution in [3.05, 3.63) is 53.6 Å². The molecule has 7 heteroatoms. The maximum absolute atomic E-state index is 13.6. The second-order valence-corrected chi connectivity index (χ2v) is 9.24. The van der Waals surface area contributed by atoms with E-state index in [0.717, 1.165) is 64.7 Å². The van der Waals surface area contributed by atoms with E-state index in [1.165, 1.54) is 5.56 Å². The molecule has 1 aromatic carbocycles. The first-order chi connectivity index (χ1) is 15.1. The molecule has 166 valence electrons. The molecule has 0 aliphatic carbocycles. The maximum Gasteiger partial charge on any atom is 0.272 e. The highest BCUT2D eigenvalue weighted by Gasteiger charge is 2.49. The lowest BCUT2D eigenvalue weighted by atomic mass is 9.89. The van der Waals surface area contributed by atoms with Gasteiger partial charge in [0.25, 0.3) is 5.91 Å². The summed E-state index contributed by atoms with van der Waals surface area (Å²) in [6, 6.07) is 10.7. The Kier molecular flexibility index (Phi) is 5.82. The summed E-state index contributed by atoms with van der Waals surface area (Å²) in [5.74, 6) is 1.11. The predicted octanol–water partition coefficient (Wildman–Crippen LogP) is 1.81. The van der Waals surface area contributed by atoms with Gasteiger partial charge in [0.2, 0.25) is 0 Å². The minimum Gasteiger partial charge on any atom is -0.379 e. The van der Waals surface area contributed by atoms with Crippen LogP contribution in [0.15, 0.2) is 36.7 Å². The molecular weight excluding hydrogens is 390 g/mol. The normalized spacial score (nSPS) is 27.0. The van der Waals surface area contributed by atoms with Gasteiger partial charge in [0.15, 0.2) is 0 Å². The van der Waals surface area contributed by atoms with Crippen molar-refractivity contribution in [3.63, 3.8) is 0 Å². The molecule has 3 aliphatic rings. The average Bonchev–Trinajstić information content (AvgIpc) is 3.45. The SMILES string of the molecule is Cc1ncn(C)c1C(=O)N1C[C@@H]2CN(CCN3CCOCC3)C[C@@H]2[C@H]1c1ccccc1. The lowest BCUT2D eigenvalue weighted by molar-refractivity contribution is 0.0336. The Bertz CT molecular complexity index is 888. The van der Waals surface area contributed by atoms with Gasteiger partial charge in [-0.25, -0.2) is 4.98 Å². The van der Waals surface area contributed by atoms with Crippen LogP contribution in [0.2, 0.25) is 0 Å². The fourth-order valence-corrected chi connectivity index (χ4v) is 5.70. The number of aryl methyl sites for hydroxylation is 2. The Morgan fingerprint density at radius 1 is 1.06 bits per heavy atom. The predicted molar refractivity (Wildman–Crippen MR) is 119 cm³/mol. The minimum absolute atomic E-state index is 0.112. The third-order valence-corrected chi connectivity index (χ3v) is 7.30. The molecule has 4 heterocycles. The van der Waals surface area contributed by atoms with Crippen LogP contribution in [0.25, 0.3) is 0 Å². The molecule has 2 aromatic rings. The van der Waals surface area contributed by atoms with Crippen LogP contribution in [0.3, 0.4) is 0 Å². The van der Waals surface area contributed by atoms with Gasteiger partial charge in [0.05, 0.1) is 31.3 Å². The van der Waals surface area contributed by atoms with E-state index < -0.39 is 0 Å². The van der Waals surface area contributed by atoms with Crippen molar-refractivity contribution < 1.29 is 9.53 Å². The number of ether oxygens (including phenoxy) is 1. The molecular formula is C24H33N5O2. The molecule has 31 heavy (non-hydrogen) atoms. The molecule has 0 unspecified atom stereocenters. The zero-order valence-corrected chi connectivity index (χ0v) is 18.6. The minimum atomic E-state index is 0.112. The topological polar surface area (TPSA) is 53.8 Å². The highest BCUT2D eigenvalue weighted by atomic mass is 16.5. The Morgan fingerprint density at radius 3 is 2.52 bits per heavy atom. The number of likely N-dealkylation sites (tertiary alicyclic amines) is 2. The molecule has 3 saturated heterocycles. The monoisotopic (exact) mass is 423 g/mol. The largest absolute Gasteiger partial charge is 0.379 e. The van der Waals surface area contributed by atoms with Crippen LogP contribution in [0.1, 0.15) is 27.8 Å². The Hall–Kier alpha value is -2.22. The number of rotatable bonds is 5. The maximum atomic E-state index is 13.6. The number of carbonyl (C=O) groups is 1. The Labute approximate surface area is 184 Å². The molecule has 0 N–H and O–H groups in total. The van der Waals surface area contributed by atoms with Crippen LogP contribution in [0.4, 0.5) is 0 Å². The molecule has 1 aromatic heterocycles. The van der Waals surface area contributed by atoms with Crippen LogP contribution in [-0.2, 0) is 11.8 Å². The Morgan fingerprint density at radius 2 is 1.81 bits per heavy atom. The summed E-state index contributed by atoms with van der Waals surface area (Å²) in [5.41, 5.74) is 2.77. The molecule has 5 rings (SSSR count). The van der Waals surface area contributed by atoms with E-state index in [2.05, 4.69) is 50.0 Å². The molecule has 3 atom stereocenters. The van der Waals surface area contributed by atoms with E-state index in [1.54, 1.807) is 6.33 Å². The second-order valence-electron chi connectivity index (χ2n) is 9.24. The Balaban J connectivity index is 1.33. The number of amides is 1. The van der Waals surface area contributed by atoms with Crippen molar-refractivity contribution in [2.45, 2.75) is 13.0 Å². The smallest absolute Gasteiger partial charge is 0.272 e. The van der Waals surface area contributed by atoms with Crippen LogP contribution in [-0.4, -0.2) is 89.2 Å². The number of carbonyl (C=O) groups excluding carboxylic acids is 1. The number of nitrogens with zero attached hydrogens (tertiary/aromatic N) is 5. The summed E-state index contributed by atoms with van der Waals surface area (Å²) in [5, 5.41) is 0. The summed E-state index contributed by atoms with van der Waals surface area (Å²) >= 11 is 0. The number of fused-ring (bicyclic) bond motifs is 1. The summed E-state index contributed by atoms with van der Waals surface area (Å²) in [4.78, 5) is 25.2. The fraction of sp³-hybridized carbons (Fsp3) is 0.583. The van der Waals surface area contributed by atoms with Crippen molar-refractivity contribution >= 4 is 5.91 Å². The van der Waals surface area contributed by atoms with Crippen molar-refractivity contribution in [2.24, 2.45) is 18.9 Å². The molecule has 0 radical (unpaired) electrons. The number of imidazole rings is 1. The highest BCUT2D eigenvalue weighted by Crippen LogP contribution is 2.45. The average molecular weight is 424 g/mol. The first kappa shape index (κ1) is 20.7. The molecule has 0 spiro atoms. The van der Waals surface area contributed by atoms with Crippen molar-refractivity contribution in [1.29, 1.82) is 0 Å². The van der Waals surface area contributed by atoms with Gasteiger partial charge in [0, 0.05) is 58.8 Å². The van der Waals surface area contributed by atoms with Crippen LogP contribution >= 0.6 is 0 Å². The van der Waals surface area contributed by atoms with Crippen molar-refractivity contribution in [3.8, 4) is 0 Å². The van der Waals surface area contributed by atoms with Gasteiger partial charge in [-0.1, -0.05) is 30.3 Å². The standard InChI is InChI=1S/C24H33N5O2/c1-18-22(26(2)17-25-18)24(30)29-15-20-14-28(9-8-27-10-12-31-13-11-27)16-21(20)23(29)19-6-4-3-5-7-19/h3-7,17,20-21,23H,8-16H2,1-2H3/t20-,21-,23+/m0/s1. The number of benzene rings is 1. The number of hydrogen-bond acceptors (Lipinski definition) is 5. The quantitative estimate of drug-likeness (QED) is 0.734. The molecule has 0 saturated carbocycles. The highest BCUT2D eigenvalue weighted by molar-refractivity contribution is 5.94. The van der Waals surface area contributed by atoms with E-state index in [0.29, 0.717) is 17.5 Å². The van der Waals surface area contributed by atoms with Gasteiger partial charge >= 0.3 is 0 Å². The van der Waals surface area contributed by atoms with Gasteiger partial charge < -0.3 is 19.1 Å². The molecule has 0 bridgehead atoms. The second kappa shape index (κ2) is 8.73. The summed E-state index contributed by atoms with van der Waals surface area (Å²) in [6.45, 7) is 10.9. The number of hydrogen-bond donors (Lipinski definition) is 0. The van der Waals surface area contributed by atoms with Gasteiger partial charge in [-0.2, -0.15) is 0 Å². The van der Waals surface area contributed by atoms with E-state index in [1.807, 2.05) is 18.5 Å². The van der Waals surface area contributed by atoms with Crippen LogP contribution < -0.4 is 0 Å². The lowest BCUT2D eigenvalue weighted by Crippen LogP contribution is -2.42. The summed E-state index contributed by atoms with van der Waals surface area (Å²) in [7, 11) is 1.91. The third-order valence-electron chi connectivity index (χ3n) is 7.30. The van der Waals surface area contributed by atoms with Gasteiger partial charge in [-0.15, -0.1) is 0 Å². The van der Waals surface area contributed by atoms with Gasteiger partial charge in [0.1, 0.15) is 5.69 Å². The zero-order chi connectivity index (χ0) is 21.4. The van der Waals surface area contributed by atoms with Gasteiger partial charge in [-0.3, -0.25) is 9.69 Å². The third kappa shape index (κ3) is 4.02.